The molecular weight excluding hydrogens is 161 g/mol. The van der Waals surface area contributed by atoms with E-state index in [1.165, 1.54) is 6.92 Å². The molecule has 0 aromatic carbocycles. The van der Waals surface area contributed by atoms with Crippen LogP contribution >= 0.6 is 0 Å². The first kappa shape index (κ1) is 8.45. The van der Waals surface area contributed by atoms with Gasteiger partial charge in [-0.3, -0.25) is 0 Å². The van der Waals surface area contributed by atoms with Gasteiger partial charge in [-0.05, 0) is 6.92 Å². The number of hydrogen-bond acceptors (Lipinski definition) is 3. The van der Waals surface area contributed by atoms with E-state index in [1.807, 2.05) is 0 Å². The fourth-order valence-electron chi connectivity index (χ4n) is 0.860. The summed E-state index contributed by atoms with van der Waals surface area (Å²) in [4.78, 5) is 0. The number of azo groups is 1. The lowest BCUT2D eigenvalue weighted by Crippen LogP contribution is -2.42. The number of nitrogens with zero attached hydrogens (tertiary/aromatic N) is 2. The lowest BCUT2D eigenvalue weighted by Gasteiger charge is -2.20. The van der Waals surface area contributed by atoms with Crippen molar-refractivity contribution >= 4 is 0 Å². The van der Waals surface area contributed by atoms with Crippen LogP contribution < -0.4 is 0 Å². The Morgan fingerprint density at radius 3 is 2.27 bits per heavy atom. The molecule has 3 nitrogen and oxygen atoms in total. The van der Waals surface area contributed by atoms with Gasteiger partial charge in [0.25, 0.3) is 5.72 Å². The zero-order chi connectivity index (χ0) is 8.70. The van der Waals surface area contributed by atoms with Crippen LogP contribution in [0.1, 0.15) is 13.3 Å². The van der Waals surface area contributed by atoms with Gasteiger partial charge in [-0.15, -0.1) is 5.11 Å². The summed E-state index contributed by atoms with van der Waals surface area (Å²) >= 11 is 0. The van der Waals surface area contributed by atoms with E-state index in [1.54, 1.807) is 0 Å². The Bertz CT molecular complexity index is 191. The Kier molecular flexibility index (Phi) is 1.66. The molecule has 0 radical (unpaired) electrons. The first-order valence-corrected chi connectivity index (χ1v) is 3.06. The highest BCUT2D eigenvalue weighted by molar-refractivity contribution is 4.90. The van der Waals surface area contributed by atoms with Gasteiger partial charge in [0, 0.05) is 6.42 Å². The van der Waals surface area contributed by atoms with E-state index in [4.69, 9.17) is 5.11 Å². The molecule has 2 unspecified atom stereocenters. The molecule has 6 heteroatoms. The molecule has 1 N–H and O–H groups in total. The molecular formula is C5H7F3N2O. The second kappa shape index (κ2) is 2.17. The van der Waals surface area contributed by atoms with Gasteiger partial charge in [0.2, 0.25) is 0 Å². The molecule has 1 rings (SSSR count). The molecule has 0 aromatic heterocycles. The van der Waals surface area contributed by atoms with E-state index in [9.17, 15) is 13.2 Å². The smallest absolute Gasteiger partial charge is 0.361 e. The van der Waals surface area contributed by atoms with Crippen LogP contribution in [0.25, 0.3) is 0 Å². The van der Waals surface area contributed by atoms with Crippen LogP contribution in [-0.2, 0) is 0 Å². The second-order valence-electron chi connectivity index (χ2n) is 2.58. The Morgan fingerprint density at radius 2 is 2.09 bits per heavy atom. The Balaban J connectivity index is 2.79. The summed E-state index contributed by atoms with van der Waals surface area (Å²) in [5, 5.41) is 14.8. The molecule has 0 fully saturated rings. The molecule has 1 aliphatic rings. The fraction of sp³-hybridized carbons (Fsp3) is 1.00. The van der Waals surface area contributed by atoms with Crippen molar-refractivity contribution in [1.82, 2.24) is 0 Å². The van der Waals surface area contributed by atoms with Crippen LogP contribution in [0, 0.1) is 0 Å². The third-order valence-electron chi connectivity index (χ3n) is 1.45. The van der Waals surface area contributed by atoms with Gasteiger partial charge in [-0.2, -0.15) is 18.3 Å². The summed E-state index contributed by atoms with van der Waals surface area (Å²) in [6.45, 7) is 1.47. The molecule has 0 aromatic rings. The number of aliphatic hydroxyl groups is 1. The molecule has 1 heterocycles. The number of rotatable bonds is 0. The minimum atomic E-state index is -4.71. The van der Waals surface area contributed by atoms with E-state index in [0.717, 1.165) is 0 Å². The van der Waals surface area contributed by atoms with Crippen LogP contribution in [-0.4, -0.2) is 23.0 Å². The van der Waals surface area contributed by atoms with Crippen molar-refractivity contribution in [2.75, 3.05) is 0 Å². The highest BCUT2D eigenvalue weighted by Gasteiger charge is 2.57. The van der Waals surface area contributed by atoms with E-state index in [0.29, 0.717) is 0 Å². The van der Waals surface area contributed by atoms with Crippen molar-refractivity contribution in [3.8, 4) is 0 Å². The average Bonchev–Trinajstić information content (AvgIpc) is 2.10. The molecule has 11 heavy (non-hydrogen) atoms. The summed E-state index contributed by atoms with van der Waals surface area (Å²) in [6.07, 6.45) is -5.18. The maximum Gasteiger partial charge on any atom is 0.440 e. The van der Waals surface area contributed by atoms with Gasteiger partial charge in [0.15, 0.2) is 0 Å². The molecule has 64 valence electrons. The highest BCUT2D eigenvalue weighted by atomic mass is 19.4. The zero-order valence-electron chi connectivity index (χ0n) is 5.76. The first-order chi connectivity index (χ1) is 4.85. The van der Waals surface area contributed by atoms with Crippen LogP contribution in [0.15, 0.2) is 10.2 Å². The van der Waals surface area contributed by atoms with E-state index in [2.05, 4.69) is 10.2 Å². The van der Waals surface area contributed by atoms with Crippen LogP contribution in [0.4, 0.5) is 13.2 Å². The Hall–Kier alpha value is -0.650. The molecule has 1 aliphatic heterocycles. The van der Waals surface area contributed by atoms with Gasteiger partial charge < -0.3 is 5.11 Å². The molecule has 2 atom stereocenters. The summed E-state index contributed by atoms with van der Waals surface area (Å²) in [6, 6.07) is -0.554. The Morgan fingerprint density at radius 1 is 1.55 bits per heavy atom. The molecule has 0 saturated carbocycles. The summed E-state index contributed by atoms with van der Waals surface area (Å²) < 4.78 is 35.7. The summed E-state index contributed by atoms with van der Waals surface area (Å²) in [7, 11) is 0. The lowest BCUT2D eigenvalue weighted by molar-refractivity contribution is -0.256. The fourth-order valence-corrected chi connectivity index (χ4v) is 0.860. The third kappa shape index (κ3) is 1.35. The summed E-state index contributed by atoms with van der Waals surface area (Å²) in [5.74, 6) is 0. The lowest BCUT2D eigenvalue weighted by atomic mass is 10.1. The second-order valence-corrected chi connectivity index (χ2v) is 2.58. The normalized spacial score (nSPS) is 38.1. The minimum Gasteiger partial charge on any atom is -0.361 e. The van der Waals surface area contributed by atoms with Crippen molar-refractivity contribution in [3.05, 3.63) is 0 Å². The van der Waals surface area contributed by atoms with Crippen LogP contribution in [0.2, 0.25) is 0 Å². The van der Waals surface area contributed by atoms with Crippen LogP contribution in [0.5, 0.6) is 0 Å². The highest BCUT2D eigenvalue weighted by Crippen LogP contribution is 2.39. The standard InChI is InChI=1S/C5H7F3N2O/c1-3-2-4(11,10-9-3)5(6,7)8/h3,11H,2H2,1H3. The average molecular weight is 168 g/mol. The summed E-state index contributed by atoms with van der Waals surface area (Å²) in [5.41, 5.74) is -2.94. The number of alkyl halides is 3. The predicted octanol–water partition coefficient (Wildman–Crippen LogP) is 1.48. The van der Waals surface area contributed by atoms with Crippen molar-refractivity contribution < 1.29 is 18.3 Å². The van der Waals surface area contributed by atoms with Crippen molar-refractivity contribution in [1.29, 1.82) is 0 Å². The topological polar surface area (TPSA) is 45.0 Å². The minimum absolute atomic E-state index is 0.476. The maximum atomic E-state index is 11.9. The van der Waals surface area contributed by atoms with Crippen molar-refractivity contribution in [3.63, 3.8) is 0 Å². The molecule has 0 spiro atoms. The number of halogens is 3. The molecule has 0 bridgehead atoms. The van der Waals surface area contributed by atoms with Crippen molar-refractivity contribution in [2.24, 2.45) is 10.2 Å². The van der Waals surface area contributed by atoms with E-state index < -0.39 is 24.4 Å². The molecule has 0 saturated heterocycles. The quantitative estimate of drug-likeness (QED) is 0.585. The first-order valence-electron chi connectivity index (χ1n) is 3.06. The van der Waals surface area contributed by atoms with Gasteiger partial charge in [-0.25, -0.2) is 0 Å². The van der Waals surface area contributed by atoms with Crippen molar-refractivity contribution in [2.45, 2.75) is 31.3 Å². The molecule has 0 aliphatic carbocycles. The van der Waals surface area contributed by atoms with Gasteiger partial charge in [0.1, 0.15) is 0 Å². The van der Waals surface area contributed by atoms with Gasteiger partial charge in [-0.1, -0.05) is 0 Å². The number of hydrogen-bond donors (Lipinski definition) is 1. The van der Waals surface area contributed by atoms with E-state index in [-0.39, 0.29) is 0 Å². The molecule has 0 amide bonds. The van der Waals surface area contributed by atoms with Gasteiger partial charge in [0.05, 0.1) is 6.04 Å². The Labute approximate surface area is 60.9 Å². The van der Waals surface area contributed by atoms with Crippen LogP contribution in [0.3, 0.4) is 0 Å². The SMILES string of the molecule is CC1CC(O)(C(F)(F)F)N=N1. The monoisotopic (exact) mass is 168 g/mol. The maximum absolute atomic E-state index is 11.9. The van der Waals surface area contributed by atoms with E-state index >= 15 is 0 Å². The third-order valence-corrected chi connectivity index (χ3v) is 1.45. The predicted molar refractivity (Wildman–Crippen MR) is 29.9 cm³/mol. The van der Waals surface area contributed by atoms with Gasteiger partial charge >= 0.3 is 6.18 Å². The largest absolute Gasteiger partial charge is 0.440 e. The zero-order valence-corrected chi connectivity index (χ0v) is 5.76.